The first-order valence-corrected chi connectivity index (χ1v) is 12.6. The van der Waals surface area contributed by atoms with Crippen LogP contribution in [0, 0.1) is 11.3 Å². The molecular weight excluding hydrogens is 452 g/mol. The zero-order valence-corrected chi connectivity index (χ0v) is 19.4. The number of sulfonamides is 1. The Bertz CT molecular complexity index is 1560. The Balaban J connectivity index is 1.39. The van der Waals surface area contributed by atoms with E-state index >= 15 is 0 Å². The van der Waals surface area contributed by atoms with Crippen molar-refractivity contribution in [3.05, 3.63) is 49.1 Å². The number of aromatic nitrogens is 6. The van der Waals surface area contributed by atoms with E-state index in [9.17, 15) is 13.7 Å². The average molecular weight is 475 g/mol. The second-order valence-electron chi connectivity index (χ2n) is 9.05. The average Bonchev–Trinajstić information content (AvgIpc) is 3.41. The maximum Gasteiger partial charge on any atom is 0.217 e. The highest BCUT2D eigenvalue weighted by atomic mass is 32.2. The molecule has 2 fully saturated rings. The maximum atomic E-state index is 12.6. The number of fused-ring (bicyclic) bond motifs is 1. The van der Waals surface area contributed by atoms with Gasteiger partial charge in [-0.3, -0.25) is 14.3 Å². The van der Waals surface area contributed by atoms with Crippen LogP contribution in [0.25, 0.3) is 33.5 Å². The lowest BCUT2D eigenvalue weighted by molar-refractivity contribution is 0.0718. The molecule has 4 aromatic rings. The van der Waals surface area contributed by atoms with E-state index in [2.05, 4.69) is 16.2 Å². The van der Waals surface area contributed by atoms with Gasteiger partial charge in [0.15, 0.2) is 0 Å². The van der Waals surface area contributed by atoms with E-state index in [-0.39, 0.29) is 24.8 Å². The van der Waals surface area contributed by atoms with Crippen LogP contribution < -0.4 is 0 Å². The lowest BCUT2D eigenvalue weighted by Gasteiger charge is -2.48. The molecule has 1 aliphatic carbocycles. The number of nitrogens with zero attached hydrogens (tertiary/aromatic N) is 8. The number of rotatable bonds is 6. The van der Waals surface area contributed by atoms with Crippen LogP contribution in [0.1, 0.15) is 19.3 Å². The van der Waals surface area contributed by atoms with E-state index in [4.69, 9.17) is 10.1 Å². The molecule has 0 unspecified atom stereocenters. The number of pyridine rings is 2. The molecular formula is C23H22N8O2S. The van der Waals surface area contributed by atoms with E-state index < -0.39 is 15.6 Å². The summed E-state index contributed by atoms with van der Waals surface area (Å²) in [6.07, 6.45) is 8.81. The summed E-state index contributed by atoms with van der Waals surface area (Å²) >= 11 is 0. The lowest BCUT2D eigenvalue weighted by Crippen LogP contribution is -2.64. The Hall–Kier alpha value is -3.62. The predicted octanol–water partition coefficient (Wildman–Crippen LogP) is 2.31. The molecule has 4 aromatic heterocycles. The second kappa shape index (κ2) is 7.44. The van der Waals surface area contributed by atoms with Gasteiger partial charge >= 0.3 is 0 Å². The summed E-state index contributed by atoms with van der Waals surface area (Å²) in [5.74, 6) is 0. The normalized spacial score (nSPS) is 18.0. The third kappa shape index (κ3) is 3.29. The second-order valence-corrected chi connectivity index (χ2v) is 11.3. The van der Waals surface area contributed by atoms with E-state index in [1.807, 2.05) is 43.7 Å². The zero-order chi connectivity index (χ0) is 23.5. The van der Waals surface area contributed by atoms with Crippen molar-refractivity contribution in [3.63, 3.8) is 0 Å². The largest absolute Gasteiger partial charge is 0.275 e. The molecule has 2 aliphatic rings. The number of hydrogen-bond donors (Lipinski definition) is 0. The van der Waals surface area contributed by atoms with Gasteiger partial charge in [0, 0.05) is 49.7 Å². The van der Waals surface area contributed by atoms with Gasteiger partial charge in [0.1, 0.15) is 16.9 Å². The first-order chi connectivity index (χ1) is 16.4. The summed E-state index contributed by atoms with van der Waals surface area (Å²) in [6.45, 7) is 0.512. The third-order valence-corrected chi connectivity index (χ3v) is 8.86. The summed E-state index contributed by atoms with van der Waals surface area (Å²) in [4.78, 5) is 9.40. The van der Waals surface area contributed by atoms with Gasteiger partial charge in [-0.2, -0.15) is 19.8 Å². The molecule has 5 heterocycles. The van der Waals surface area contributed by atoms with Crippen molar-refractivity contribution in [2.75, 3.05) is 13.1 Å². The monoisotopic (exact) mass is 474 g/mol. The molecule has 0 N–H and O–H groups in total. The molecule has 11 heteroatoms. The van der Waals surface area contributed by atoms with Crippen molar-refractivity contribution in [2.45, 2.75) is 30.1 Å². The highest BCUT2D eigenvalue weighted by Gasteiger charge is 2.53. The first-order valence-electron chi connectivity index (χ1n) is 11.1. The van der Waals surface area contributed by atoms with Gasteiger partial charge in [-0.25, -0.2) is 13.4 Å². The van der Waals surface area contributed by atoms with Gasteiger partial charge in [0.25, 0.3) is 0 Å². The molecule has 10 nitrogen and oxygen atoms in total. The smallest absolute Gasteiger partial charge is 0.217 e. The molecule has 0 spiro atoms. The highest BCUT2D eigenvalue weighted by molar-refractivity contribution is 7.90. The predicted molar refractivity (Wildman–Crippen MR) is 125 cm³/mol. The lowest BCUT2D eigenvalue weighted by atomic mass is 9.89. The fraction of sp³-hybridized carbons (Fsp3) is 0.348. The topological polar surface area (TPSA) is 123 Å². The quantitative estimate of drug-likeness (QED) is 0.420. The third-order valence-electron chi connectivity index (χ3n) is 6.57. The van der Waals surface area contributed by atoms with Crippen LogP contribution in [0.5, 0.6) is 0 Å². The van der Waals surface area contributed by atoms with Crippen LogP contribution in [-0.2, 0) is 22.6 Å². The van der Waals surface area contributed by atoms with Crippen LogP contribution in [0.2, 0.25) is 0 Å². The van der Waals surface area contributed by atoms with Crippen molar-refractivity contribution in [3.8, 4) is 28.7 Å². The molecule has 0 aromatic carbocycles. The standard InChI is InChI=1S/C23H22N8O2S/c1-29-13-16(12-26-29)20-11-21-18(3-2-9-25-21)22(27-20)19-6-10-31(28-19)23(7-8-24)14-30(15-23)34(32,33)17-4-5-17/h2-3,6,9-13,17H,4-5,7,14-15H2,1H3. The van der Waals surface area contributed by atoms with E-state index in [0.29, 0.717) is 11.4 Å². The van der Waals surface area contributed by atoms with Gasteiger partial charge in [0.2, 0.25) is 10.0 Å². The van der Waals surface area contributed by atoms with Crippen molar-refractivity contribution in [2.24, 2.45) is 7.05 Å². The molecule has 172 valence electrons. The minimum atomic E-state index is -3.28. The highest BCUT2D eigenvalue weighted by Crippen LogP contribution is 2.40. The summed E-state index contributed by atoms with van der Waals surface area (Å²) in [5, 5.41) is 19.1. The summed E-state index contributed by atoms with van der Waals surface area (Å²) < 4.78 is 30.2. The first kappa shape index (κ1) is 20.9. The summed E-state index contributed by atoms with van der Waals surface area (Å²) in [7, 11) is -1.43. The van der Waals surface area contributed by atoms with Crippen molar-refractivity contribution >= 4 is 20.9 Å². The van der Waals surface area contributed by atoms with Gasteiger partial charge in [-0.15, -0.1) is 0 Å². The molecule has 1 saturated carbocycles. The number of aryl methyl sites for hydroxylation is 1. The van der Waals surface area contributed by atoms with Crippen molar-refractivity contribution < 1.29 is 8.42 Å². The Morgan fingerprint density at radius 3 is 2.76 bits per heavy atom. The van der Waals surface area contributed by atoms with Crippen LogP contribution >= 0.6 is 0 Å². The Morgan fingerprint density at radius 1 is 1.24 bits per heavy atom. The SMILES string of the molecule is Cn1cc(-c2cc3ncccc3c(-c3ccn(C4(CC#N)CN(S(=O)(=O)C5CC5)C4)n3)n2)cn1. The van der Waals surface area contributed by atoms with Gasteiger partial charge in [-0.05, 0) is 37.1 Å². The van der Waals surface area contributed by atoms with Crippen molar-refractivity contribution in [1.82, 2.24) is 33.8 Å². The molecule has 0 radical (unpaired) electrons. The van der Waals surface area contributed by atoms with Crippen LogP contribution in [0.15, 0.2) is 49.1 Å². The van der Waals surface area contributed by atoms with Crippen LogP contribution in [0.3, 0.4) is 0 Å². The van der Waals surface area contributed by atoms with Crippen LogP contribution in [0.4, 0.5) is 0 Å². The van der Waals surface area contributed by atoms with Crippen molar-refractivity contribution in [1.29, 1.82) is 5.26 Å². The fourth-order valence-electron chi connectivity index (χ4n) is 4.54. The molecule has 1 saturated heterocycles. The molecule has 0 atom stereocenters. The van der Waals surface area contributed by atoms with Crippen LogP contribution in [-0.4, -0.2) is 60.6 Å². The molecule has 34 heavy (non-hydrogen) atoms. The number of hydrogen-bond acceptors (Lipinski definition) is 7. The van der Waals surface area contributed by atoms with E-state index in [1.54, 1.807) is 21.8 Å². The fourth-order valence-corrected chi connectivity index (χ4v) is 6.53. The summed E-state index contributed by atoms with van der Waals surface area (Å²) in [6, 6.07) is 9.82. The molecule has 0 bridgehead atoms. The minimum absolute atomic E-state index is 0.177. The summed E-state index contributed by atoms with van der Waals surface area (Å²) in [5.41, 5.74) is 3.04. The maximum absolute atomic E-state index is 12.6. The number of nitriles is 1. The van der Waals surface area contributed by atoms with Gasteiger partial charge < -0.3 is 0 Å². The Morgan fingerprint density at radius 2 is 2.06 bits per heavy atom. The minimum Gasteiger partial charge on any atom is -0.275 e. The Labute approximate surface area is 196 Å². The molecule has 1 aliphatic heterocycles. The molecule has 6 rings (SSSR count). The molecule has 0 amide bonds. The van der Waals surface area contributed by atoms with Gasteiger partial charge in [0.05, 0.1) is 35.1 Å². The zero-order valence-electron chi connectivity index (χ0n) is 18.5. The van der Waals surface area contributed by atoms with E-state index in [1.165, 1.54) is 4.31 Å². The van der Waals surface area contributed by atoms with Gasteiger partial charge in [-0.1, -0.05) is 0 Å². The Kier molecular flexibility index (Phi) is 4.59. The van der Waals surface area contributed by atoms with E-state index in [0.717, 1.165) is 35.0 Å².